The van der Waals surface area contributed by atoms with Gasteiger partial charge in [0.25, 0.3) is 5.91 Å². The quantitative estimate of drug-likeness (QED) is 0.485. The van der Waals surface area contributed by atoms with Crippen molar-refractivity contribution in [2.75, 3.05) is 5.32 Å². The molecule has 0 aliphatic heterocycles. The highest BCUT2D eigenvalue weighted by Crippen LogP contribution is 2.29. The summed E-state index contributed by atoms with van der Waals surface area (Å²) in [6, 6.07) is 11.9. The maximum Gasteiger partial charge on any atom is 0.269 e. The van der Waals surface area contributed by atoms with Crippen molar-refractivity contribution in [2.45, 2.75) is 20.8 Å². The van der Waals surface area contributed by atoms with E-state index in [0.29, 0.717) is 15.7 Å². The molecule has 0 aliphatic rings. The van der Waals surface area contributed by atoms with E-state index in [1.165, 1.54) is 33.8 Å². The van der Waals surface area contributed by atoms with E-state index in [-0.39, 0.29) is 5.91 Å². The highest BCUT2D eigenvalue weighted by molar-refractivity contribution is 7.17. The van der Waals surface area contributed by atoms with Crippen LogP contribution in [0.25, 0.3) is 22.0 Å². The summed E-state index contributed by atoms with van der Waals surface area (Å²) in [5, 5.41) is 6.16. The molecule has 7 heteroatoms. The monoisotopic (exact) mass is 406 g/mol. The highest BCUT2D eigenvalue weighted by Gasteiger charge is 2.18. The molecule has 0 saturated carbocycles. The molecule has 0 fully saturated rings. The van der Waals surface area contributed by atoms with E-state index in [4.69, 9.17) is 0 Å². The number of hydrogen-bond acceptors (Lipinski definition) is 6. The first kappa shape index (κ1) is 18.5. The Balaban J connectivity index is 1.54. The van der Waals surface area contributed by atoms with Gasteiger partial charge in [0.15, 0.2) is 5.13 Å². The van der Waals surface area contributed by atoms with Crippen LogP contribution in [0.15, 0.2) is 48.0 Å². The second kappa shape index (κ2) is 7.61. The number of aryl methyl sites for hydroxylation is 3. The number of anilines is 1. The van der Waals surface area contributed by atoms with Crippen LogP contribution in [-0.4, -0.2) is 20.9 Å². The van der Waals surface area contributed by atoms with Crippen molar-refractivity contribution in [3.63, 3.8) is 0 Å². The molecule has 1 amide bonds. The summed E-state index contributed by atoms with van der Waals surface area (Å²) in [5.41, 5.74) is 5.83. The van der Waals surface area contributed by atoms with Crippen molar-refractivity contribution in [1.82, 2.24) is 15.0 Å². The largest absolute Gasteiger partial charge is 0.297 e. The van der Waals surface area contributed by atoms with E-state index in [9.17, 15) is 4.79 Å². The van der Waals surface area contributed by atoms with Gasteiger partial charge in [0.05, 0.1) is 17.1 Å². The standard InChI is InChI=1S/C21H18N4OS2/c1-12-7-8-15(10-13(12)2)17-11-27-21(24-17)25-19(26)18-14(3)23-20(28-18)16-6-4-5-9-22-16/h4-11H,1-3H3,(H,24,25,26). The first-order valence-corrected chi connectivity index (χ1v) is 10.4. The minimum absolute atomic E-state index is 0.196. The molecule has 0 bridgehead atoms. The van der Waals surface area contributed by atoms with E-state index >= 15 is 0 Å². The van der Waals surface area contributed by atoms with Gasteiger partial charge in [0.1, 0.15) is 9.88 Å². The lowest BCUT2D eigenvalue weighted by Gasteiger charge is -2.02. The summed E-state index contributed by atoms with van der Waals surface area (Å²) in [5.74, 6) is -0.196. The van der Waals surface area contributed by atoms with Crippen LogP contribution in [0.3, 0.4) is 0 Å². The second-order valence-corrected chi connectivity index (χ2v) is 8.30. The molecule has 3 aromatic heterocycles. The van der Waals surface area contributed by atoms with E-state index < -0.39 is 0 Å². The predicted molar refractivity (Wildman–Crippen MR) is 115 cm³/mol. The Morgan fingerprint density at radius 2 is 1.86 bits per heavy atom. The molecule has 0 radical (unpaired) electrons. The van der Waals surface area contributed by atoms with Crippen LogP contribution >= 0.6 is 22.7 Å². The second-order valence-electron chi connectivity index (χ2n) is 6.44. The maximum absolute atomic E-state index is 12.7. The number of pyridine rings is 1. The molecule has 5 nitrogen and oxygen atoms in total. The molecule has 0 spiro atoms. The number of nitrogens with zero attached hydrogens (tertiary/aromatic N) is 3. The molecule has 4 aromatic rings. The minimum atomic E-state index is -0.196. The average Bonchev–Trinajstić information content (AvgIpc) is 3.31. The number of hydrogen-bond donors (Lipinski definition) is 1. The first-order valence-electron chi connectivity index (χ1n) is 8.74. The number of rotatable bonds is 4. The average molecular weight is 407 g/mol. The van der Waals surface area contributed by atoms with Gasteiger partial charge in [-0.15, -0.1) is 22.7 Å². The van der Waals surface area contributed by atoms with Crippen molar-refractivity contribution in [2.24, 2.45) is 0 Å². The summed E-state index contributed by atoms with van der Waals surface area (Å²) in [6.07, 6.45) is 1.72. The lowest BCUT2D eigenvalue weighted by molar-refractivity contribution is 0.103. The molecule has 4 rings (SSSR count). The highest BCUT2D eigenvalue weighted by atomic mass is 32.1. The number of nitrogens with one attached hydrogen (secondary N) is 1. The molecular formula is C21H18N4OS2. The fraction of sp³-hybridized carbons (Fsp3) is 0.143. The molecule has 28 heavy (non-hydrogen) atoms. The summed E-state index contributed by atoms with van der Waals surface area (Å²) in [6.45, 7) is 6.00. The number of carbonyl (C=O) groups excluding carboxylic acids is 1. The fourth-order valence-corrected chi connectivity index (χ4v) is 4.38. The molecule has 1 aromatic carbocycles. The molecule has 0 aliphatic carbocycles. The fourth-order valence-electron chi connectivity index (χ4n) is 2.72. The van der Waals surface area contributed by atoms with Crippen LogP contribution in [-0.2, 0) is 0 Å². The summed E-state index contributed by atoms with van der Waals surface area (Å²) < 4.78 is 0. The van der Waals surface area contributed by atoms with E-state index in [2.05, 4.69) is 52.3 Å². The summed E-state index contributed by atoms with van der Waals surface area (Å²) in [4.78, 5) is 26.7. The minimum Gasteiger partial charge on any atom is -0.297 e. The molecular weight excluding hydrogens is 388 g/mol. The summed E-state index contributed by atoms with van der Waals surface area (Å²) in [7, 11) is 0. The van der Waals surface area contributed by atoms with Gasteiger partial charge in [-0.25, -0.2) is 9.97 Å². The zero-order valence-corrected chi connectivity index (χ0v) is 17.3. The molecule has 0 atom stereocenters. The molecule has 0 saturated heterocycles. The molecule has 140 valence electrons. The van der Waals surface area contributed by atoms with Crippen LogP contribution in [0, 0.1) is 20.8 Å². The van der Waals surface area contributed by atoms with Crippen LogP contribution in [0.2, 0.25) is 0 Å². The van der Waals surface area contributed by atoms with Crippen molar-refractivity contribution in [1.29, 1.82) is 0 Å². The normalized spacial score (nSPS) is 10.8. The van der Waals surface area contributed by atoms with Crippen LogP contribution < -0.4 is 5.32 Å². The topological polar surface area (TPSA) is 67.8 Å². The van der Waals surface area contributed by atoms with Gasteiger partial charge in [-0.05, 0) is 50.1 Å². The van der Waals surface area contributed by atoms with E-state index in [0.717, 1.165) is 22.0 Å². The zero-order chi connectivity index (χ0) is 19.7. The van der Waals surface area contributed by atoms with Gasteiger partial charge < -0.3 is 0 Å². The van der Waals surface area contributed by atoms with Crippen LogP contribution in [0.5, 0.6) is 0 Å². The Kier molecular flexibility index (Phi) is 5.02. The Morgan fingerprint density at radius 1 is 1.00 bits per heavy atom. The predicted octanol–water partition coefficient (Wildman–Crippen LogP) is 5.51. The molecule has 3 heterocycles. The Bertz CT molecular complexity index is 1150. The van der Waals surface area contributed by atoms with Gasteiger partial charge in [0, 0.05) is 17.1 Å². The van der Waals surface area contributed by atoms with Crippen molar-refractivity contribution < 1.29 is 4.79 Å². The number of carbonyl (C=O) groups is 1. The summed E-state index contributed by atoms with van der Waals surface area (Å²) >= 11 is 2.75. The van der Waals surface area contributed by atoms with E-state index in [1.807, 2.05) is 30.5 Å². The number of benzene rings is 1. The van der Waals surface area contributed by atoms with Gasteiger partial charge in [-0.1, -0.05) is 18.2 Å². The van der Waals surface area contributed by atoms with Crippen LogP contribution in [0.1, 0.15) is 26.5 Å². The maximum atomic E-state index is 12.7. The third kappa shape index (κ3) is 3.72. The van der Waals surface area contributed by atoms with Crippen molar-refractivity contribution in [3.05, 3.63) is 69.7 Å². The smallest absolute Gasteiger partial charge is 0.269 e. The lowest BCUT2D eigenvalue weighted by atomic mass is 10.1. The third-order valence-electron chi connectivity index (χ3n) is 4.41. The van der Waals surface area contributed by atoms with Gasteiger partial charge in [-0.2, -0.15) is 0 Å². The van der Waals surface area contributed by atoms with Gasteiger partial charge in [-0.3, -0.25) is 15.1 Å². The van der Waals surface area contributed by atoms with E-state index in [1.54, 1.807) is 6.20 Å². The van der Waals surface area contributed by atoms with Gasteiger partial charge in [0.2, 0.25) is 0 Å². The SMILES string of the molecule is Cc1ccc(-c2csc(NC(=O)c3sc(-c4ccccn4)nc3C)n2)cc1C. The Morgan fingerprint density at radius 3 is 2.61 bits per heavy atom. The Hall–Kier alpha value is -2.90. The van der Waals surface area contributed by atoms with Crippen LogP contribution in [0.4, 0.5) is 5.13 Å². The van der Waals surface area contributed by atoms with Crippen molar-refractivity contribution in [3.8, 4) is 22.0 Å². The first-order chi connectivity index (χ1) is 13.5. The van der Waals surface area contributed by atoms with Crippen molar-refractivity contribution >= 4 is 33.7 Å². The number of thiazole rings is 2. The molecule has 0 unspecified atom stereocenters. The number of aromatic nitrogens is 3. The molecule has 1 N–H and O–H groups in total. The third-order valence-corrected chi connectivity index (χ3v) is 6.35. The Labute approximate surface area is 171 Å². The van der Waals surface area contributed by atoms with Gasteiger partial charge >= 0.3 is 0 Å². The lowest BCUT2D eigenvalue weighted by Crippen LogP contribution is -2.11. The zero-order valence-electron chi connectivity index (χ0n) is 15.7. The number of amides is 1.